The summed E-state index contributed by atoms with van der Waals surface area (Å²) >= 11 is 3.38. The number of carbonyl (C=O) groups excluding carboxylic acids is 2. The van der Waals surface area contributed by atoms with Gasteiger partial charge in [-0.1, -0.05) is 25.5 Å². The van der Waals surface area contributed by atoms with E-state index in [1.807, 2.05) is 18.2 Å². The van der Waals surface area contributed by atoms with Crippen LogP contribution in [0.5, 0.6) is 5.75 Å². The molecule has 3 rings (SSSR count). The Morgan fingerprint density at radius 1 is 1.28 bits per heavy atom. The van der Waals surface area contributed by atoms with Crippen LogP contribution in [0.25, 0.3) is 0 Å². The normalized spacial score (nSPS) is 13.2. The maximum atomic E-state index is 12.5. The third kappa shape index (κ3) is 3.85. The fraction of sp³-hybridized carbons (Fsp3) is 0.263. The summed E-state index contributed by atoms with van der Waals surface area (Å²) in [4.78, 5) is 26.4. The molecule has 6 heteroatoms. The van der Waals surface area contributed by atoms with E-state index < -0.39 is 0 Å². The number of rotatable bonds is 5. The zero-order valence-electron chi connectivity index (χ0n) is 13.9. The van der Waals surface area contributed by atoms with Gasteiger partial charge in [-0.25, -0.2) is 0 Å². The minimum atomic E-state index is -0.212. The van der Waals surface area contributed by atoms with E-state index >= 15 is 0 Å². The second-order valence-corrected chi connectivity index (χ2v) is 6.66. The summed E-state index contributed by atoms with van der Waals surface area (Å²) in [7, 11) is 0. The molecule has 2 aromatic carbocycles. The fourth-order valence-corrected chi connectivity index (χ4v) is 3.15. The quantitative estimate of drug-likeness (QED) is 0.813. The van der Waals surface area contributed by atoms with Crippen molar-refractivity contribution in [2.24, 2.45) is 0 Å². The average molecular weight is 403 g/mol. The van der Waals surface area contributed by atoms with Crippen LogP contribution in [0.4, 0.5) is 11.4 Å². The minimum Gasteiger partial charge on any atom is -0.482 e. The maximum Gasteiger partial charge on any atom is 0.265 e. The number of hydrogen-bond acceptors (Lipinski definition) is 3. The van der Waals surface area contributed by atoms with Gasteiger partial charge in [0.2, 0.25) is 0 Å². The molecule has 0 aliphatic carbocycles. The summed E-state index contributed by atoms with van der Waals surface area (Å²) < 4.78 is 6.23. The van der Waals surface area contributed by atoms with E-state index in [2.05, 4.69) is 28.2 Å². The Hall–Kier alpha value is -2.34. The molecule has 2 amide bonds. The van der Waals surface area contributed by atoms with Crippen molar-refractivity contribution < 1.29 is 14.3 Å². The van der Waals surface area contributed by atoms with Crippen LogP contribution in [0.2, 0.25) is 0 Å². The number of nitrogens with one attached hydrogen (secondary N) is 1. The SMILES string of the molecule is CCCCN1C(=O)COc2ccc(NC(=O)c3ccccc3Br)cc21. The second-order valence-electron chi connectivity index (χ2n) is 5.80. The van der Waals surface area contributed by atoms with E-state index in [-0.39, 0.29) is 18.4 Å². The van der Waals surface area contributed by atoms with Crippen LogP contribution in [-0.2, 0) is 4.79 Å². The fourth-order valence-electron chi connectivity index (χ4n) is 2.69. The predicted octanol–water partition coefficient (Wildman–Crippen LogP) is 4.23. The number of amides is 2. The molecule has 0 fully saturated rings. The lowest BCUT2D eigenvalue weighted by Crippen LogP contribution is -2.39. The Morgan fingerprint density at radius 2 is 2.08 bits per heavy atom. The molecule has 0 saturated heterocycles. The van der Waals surface area contributed by atoms with Crippen molar-refractivity contribution in [1.29, 1.82) is 0 Å². The van der Waals surface area contributed by atoms with Gasteiger partial charge in [0.05, 0.1) is 11.3 Å². The van der Waals surface area contributed by atoms with Crippen LogP contribution in [0, 0.1) is 0 Å². The first-order valence-corrected chi connectivity index (χ1v) is 9.02. The van der Waals surface area contributed by atoms with Gasteiger partial charge in [-0.2, -0.15) is 0 Å². The van der Waals surface area contributed by atoms with E-state index in [4.69, 9.17) is 4.74 Å². The lowest BCUT2D eigenvalue weighted by atomic mass is 10.1. The molecule has 0 spiro atoms. The molecule has 1 aliphatic heterocycles. The molecule has 130 valence electrons. The summed E-state index contributed by atoms with van der Waals surface area (Å²) in [5, 5.41) is 2.88. The average Bonchev–Trinajstić information content (AvgIpc) is 2.61. The van der Waals surface area contributed by atoms with Gasteiger partial charge in [0.15, 0.2) is 6.61 Å². The van der Waals surface area contributed by atoms with Crippen LogP contribution in [-0.4, -0.2) is 25.0 Å². The zero-order valence-corrected chi connectivity index (χ0v) is 15.5. The zero-order chi connectivity index (χ0) is 17.8. The number of hydrogen-bond donors (Lipinski definition) is 1. The van der Waals surface area contributed by atoms with Gasteiger partial charge in [-0.3, -0.25) is 9.59 Å². The topological polar surface area (TPSA) is 58.6 Å². The smallest absolute Gasteiger partial charge is 0.265 e. The third-order valence-corrected chi connectivity index (χ3v) is 4.71. The highest BCUT2D eigenvalue weighted by molar-refractivity contribution is 9.10. The van der Waals surface area contributed by atoms with Crippen LogP contribution in [0.1, 0.15) is 30.1 Å². The van der Waals surface area contributed by atoms with Crippen molar-refractivity contribution in [3.05, 3.63) is 52.5 Å². The summed E-state index contributed by atoms with van der Waals surface area (Å²) in [6.07, 6.45) is 1.91. The van der Waals surface area contributed by atoms with Crippen LogP contribution in [0.3, 0.4) is 0 Å². The number of unbranched alkanes of at least 4 members (excludes halogenated alkanes) is 1. The van der Waals surface area contributed by atoms with Gasteiger partial charge in [0.25, 0.3) is 11.8 Å². The highest BCUT2D eigenvalue weighted by Gasteiger charge is 2.25. The molecule has 1 aliphatic rings. The van der Waals surface area contributed by atoms with Crippen molar-refractivity contribution in [2.45, 2.75) is 19.8 Å². The number of carbonyl (C=O) groups is 2. The first kappa shape index (κ1) is 17.5. The van der Waals surface area contributed by atoms with Crippen molar-refractivity contribution in [2.75, 3.05) is 23.4 Å². The molecule has 0 aromatic heterocycles. The summed E-state index contributed by atoms with van der Waals surface area (Å²) in [5.41, 5.74) is 1.88. The number of fused-ring (bicyclic) bond motifs is 1. The number of ether oxygens (including phenoxy) is 1. The van der Waals surface area contributed by atoms with Gasteiger partial charge >= 0.3 is 0 Å². The van der Waals surface area contributed by atoms with E-state index in [9.17, 15) is 9.59 Å². The Balaban J connectivity index is 1.85. The summed E-state index contributed by atoms with van der Waals surface area (Å²) in [5.74, 6) is 0.389. The Kier molecular flexibility index (Phi) is 5.38. The monoisotopic (exact) mass is 402 g/mol. The summed E-state index contributed by atoms with van der Waals surface area (Å²) in [6, 6.07) is 12.6. The van der Waals surface area contributed by atoms with Gasteiger partial charge in [-0.15, -0.1) is 0 Å². The van der Waals surface area contributed by atoms with Crippen LogP contribution < -0.4 is 15.0 Å². The van der Waals surface area contributed by atoms with Crippen molar-refractivity contribution in [3.63, 3.8) is 0 Å². The molecular weight excluding hydrogens is 384 g/mol. The predicted molar refractivity (Wildman–Crippen MR) is 101 cm³/mol. The molecule has 1 heterocycles. The molecule has 0 atom stereocenters. The molecule has 0 saturated carbocycles. The standard InChI is InChI=1S/C19H19BrN2O3/c1-2-3-10-22-16-11-13(8-9-17(16)25-12-18(22)23)21-19(24)14-6-4-5-7-15(14)20/h4-9,11H,2-3,10,12H2,1H3,(H,21,24). The molecule has 0 bridgehead atoms. The lowest BCUT2D eigenvalue weighted by molar-refractivity contribution is -0.121. The number of benzene rings is 2. The van der Waals surface area contributed by atoms with Crippen molar-refractivity contribution in [1.82, 2.24) is 0 Å². The van der Waals surface area contributed by atoms with Gasteiger partial charge in [0, 0.05) is 16.7 Å². The molecule has 1 N–H and O–H groups in total. The third-order valence-electron chi connectivity index (χ3n) is 4.01. The molecular formula is C19H19BrN2O3. The Labute approximate surface area is 155 Å². The van der Waals surface area contributed by atoms with Crippen LogP contribution >= 0.6 is 15.9 Å². The van der Waals surface area contributed by atoms with Gasteiger partial charge in [-0.05, 0) is 52.7 Å². The maximum absolute atomic E-state index is 12.5. The highest BCUT2D eigenvalue weighted by Crippen LogP contribution is 2.35. The minimum absolute atomic E-state index is 0.0549. The van der Waals surface area contributed by atoms with E-state index in [1.165, 1.54) is 0 Å². The largest absolute Gasteiger partial charge is 0.482 e. The molecule has 25 heavy (non-hydrogen) atoms. The Morgan fingerprint density at radius 3 is 2.84 bits per heavy atom. The van der Waals surface area contributed by atoms with Gasteiger partial charge < -0.3 is 15.0 Å². The molecule has 2 aromatic rings. The lowest BCUT2D eigenvalue weighted by Gasteiger charge is -2.29. The number of nitrogens with zero attached hydrogens (tertiary/aromatic N) is 1. The first-order valence-electron chi connectivity index (χ1n) is 8.23. The van der Waals surface area contributed by atoms with Gasteiger partial charge in [0.1, 0.15) is 5.75 Å². The molecule has 0 radical (unpaired) electrons. The molecule has 5 nitrogen and oxygen atoms in total. The summed E-state index contributed by atoms with van der Waals surface area (Å²) in [6.45, 7) is 2.78. The van der Waals surface area contributed by atoms with Crippen molar-refractivity contribution in [3.8, 4) is 5.75 Å². The first-order chi connectivity index (χ1) is 12.1. The highest BCUT2D eigenvalue weighted by atomic mass is 79.9. The van der Waals surface area contributed by atoms with E-state index in [0.29, 0.717) is 29.2 Å². The van der Waals surface area contributed by atoms with Crippen LogP contribution in [0.15, 0.2) is 46.9 Å². The van der Waals surface area contributed by atoms with E-state index in [1.54, 1.807) is 29.2 Å². The second kappa shape index (κ2) is 7.70. The van der Waals surface area contributed by atoms with Crippen molar-refractivity contribution >= 4 is 39.1 Å². The Bertz CT molecular complexity index is 807. The number of anilines is 2. The molecule has 0 unspecified atom stereocenters. The number of halogens is 1. The van der Waals surface area contributed by atoms with E-state index in [0.717, 1.165) is 17.3 Å².